The Morgan fingerprint density at radius 2 is 2.17 bits per heavy atom. The summed E-state index contributed by atoms with van der Waals surface area (Å²) in [6, 6.07) is 4.44. The first kappa shape index (κ1) is 22.0. The lowest BCUT2D eigenvalue weighted by atomic mass is 9.76. The molecule has 0 spiro atoms. The van der Waals surface area contributed by atoms with Gasteiger partial charge in [0.15, 0.2) is 0 Å². The normalized spacial score (nSPS) is 21.8. The molecule has 7 heteroatoms. The van der Waals surface area contributed by atoms with Gasteiger partial charge in [-0.3, -0.25) is 9.69 Å². The lowest BCUT2D eigenvalue weighted by molar-refractivity contribution is -0.142. The van der Waals surface area contributed by atoms with Gasteiger partial charge in [-0.2, -0.15) is 0 Å². The van der Waals surface area contributed by atoms with Gasteiger partial charge in [-0.15, -0.1) is 0 Å². The van der Waals surface area contributed by atoms with Crippen LogP contribution in [0.5, 0.6) is 0 Å². The molecule has 1 atom stereocenters. The van der Waals surface area contributed by atoms with Gasteiger partial charge in [0.1, 0.15) is 11.9 Å². The van der Waals surface area contributed by atoms with Crippen molar-refractivity contribution in [2.24, 2.45) is 11.7 Å². The smallest absolute Gasteiger partial charge is 0.322 e. The van der Waals surface area contributed by atoms with Gasteiger partial charge in [-0.25, -0.2) is 4.98 Å². The molecule has 0 amide bonds. The maximum absolute atomic E-state index is 11.6. The van der Waals surface area contributed by atoms with Crippen molar-refractivity contribution in [3.63, 3.8) is 0 Å². The summed E-state index contributed by atoms with van der Waals surface area (Å²) >= 11 is 0. The largest absolute Gasteiger partial charge is 0.468 e. The quantitative estimate of drug-likeness (QED) is 0.545. The molecule has 1 fully saturated rings. The molecular weight excluding hydrogens is 368 g/mol. The summed E-state index contributed by atoms with van der Waals surface area (Å²) in [5.74, 6) is 1.49. The predicted octanol–water partition coefficient (Wildman–Crippen LogP) is 1.99. The second-order valence-corrected chi connectivity index (χ2v) is 8.32. The molecule has 1 aromatic heterocycles. The monoisotopic (exact) mass is 404 g/mol. The average Bonchev–Trinajstić information content (AvgIpc) is 2.72. The van der Waals surface area contributed by atoms with E-state index in [0.717, 1.165) is 44.2 Å². The minimum Gasteiger partial charge on any atom is -0.468 e. The van der Waals surface area contributed by atoms with Crippen LogP contribution in [0.2, 0.25) is 0 Å². The Labute approximate surface area is 174 Å². The number of rotatable bonds is 11. The molecule has 162 valence electrons. The van der Waals surface area contributed by atoms with Gasteiger partial charge in [-0.1, -0.05) is 6.07 Å². The fourth-order valence-corrected chi connectivity index (χ4v) is 4.35. The predicted molar refractivity (Wildman–Crippen MR) is 114 cm³/mol. The van der Waals surface area contributed by atoms with Gasteiger partial charge in [0.05, 0.1) is 13.7 Å². The zero-order chi connectivity index (χ0) is 20.6. The van der Waals surface area contributed by atoms with Crippen molar-refractivity contribution in [1.29, 1.82) is 0 Å². The topological polar surface area (TPSA) is 89.7 Å². The number of fused-ring (bicyclic) bond motifs is 1. The molecule has 0 unspecified atom stereocenters. The molecule has 2 aliphatic rings. The summed E-state index contributed by atoms with van der Waals surface area (Å²) in [7, 11) is 3.11. The van der Waals surface area contributed by atoms with E-state index in [4.69, 9.17) is 20.2 Å². The lowest BCUT2D eigenvalue weighted by Gasteiger charge is -2.43. The van der Waals surface area contributed by atoms with Gasteiger partial charge < -0.3 is 20.5 Å². The highest BCUT2D eigenvalue weighted by molar-refractivity contribution is 5.75. The standard InChI is InChI=1S/C22H36N4O3/c1-28-13-12-26(11-9-20(23)22(27)29-2)19-14-16(15-19)5-7-18-8-6-17-4-3-10-24-21(17)25-18/h6,8,16,19-20H,3-5,7,9-15,23H2,1-2H3,(H,24,25)/t16?,19?,20-/m0/s1. The van der Waals surface area contributed by atoms with Gasteiger partial charge in [0.25, 0.3) is 0 Å². The van der Waals surface area contributed by atoms with E-state index in [2.05, 4.69) is 22.3 Å². The van der Waals surface area contributed by atoms with Crippen molar-refractivity contribution >= 4 is 11.8 Å². The molecule has 0 radical (unpaired) electrons. The highest BCUT2D eigenvalue weighted by atomic mass is 16.5. The van der Waals surface area contributed by atoms with E-state index >= 15 is 0 Å². The Kier molecular flexibility index (Phi) is 8.27. The Morgan fingerprint density at radius 1 is 1.34 bits per heavy atom. The number of esters is 1. The molecule has 2 heterocycles. The second-order valence-electron chi connectivity index (χ2n) is 8.32. The van der Waals surface area contributed by atoms with Crippen molar-refractivity contribution in [1.82, 2.24) is 9.88 Å². The number of carbonyl (C=O) groups excluding carboxylic acids is 1. The number of ether oxygens (including phenoxy) is 2. The van der Waals surface area contributed by atoms with Crippen LogP contribution >= 0.6 is 0 Å². The number of hydrogen-bond donors (Lipinski definition) is 2. The Morgan fingerprint density at radius 3 is 2.93 bits per heavy atom. The zero-order valence-corrected chi connectivity index (χ0v) is 17.9. The third-order valence-corrected chi connectivity index (χ3v) is 6.30. The molecular formula is C22H36N4O3. The van der Waals surface area contributed by atoms with Crippen LogP contribution in [0.25, 0.3) is 0 Å². The number of aromatic nitrogens is 1. The van der Waals surface area contributed by atoms with E-state index in [9.17, 15) is 4.79 Å². The number of nitrogens with one attached hydrogen (secondary N) is 1. The molecule has 1 aliphatic heterocycles. The number of nitrogens with zero attached hydrogens (tertiary/aromatic N) is 2. The fourth-order valence-electron chi connectivity index (χ4n) is 4.35. The van der Waals surface area contributed by atoms with Crippen LogP contribution < -0.4 is 11.1 Å². The van der Waals surface area contributed by atoms with Crippen LogP contribution in [0.3, 0.4) is 0 Å². The fraction of sp³-hybridized carbons (Fsp3) is 0.727. The third kappa shape index (κ3) is 6.14. The summed E-state index contributed by atoms with van der Waals surface area (Å²) in [6.07, 6.45) is 7.56. The SMILES string of the molecule is COCCN(CC[C@H](N)C(=O)OC)C1CC(CCc2ccc3c(n2)NCCC3)C1. The number of anilines is 1. The van der Waals surface area contributed by atoms with Crippen LogP contribution in [0.15, 0.2) is 12.1 Å². The first-order chi connectivity index (χ1) is 14.1. The number of hydrogen-bond acceptors (Lipinski definition) is 7. The van der Waals surface area contributed by atoms with Crippen LogP contribution in [0.1, 0.15) is 43.4 Å². The van der Waals surface area contributed by atoms with Crippen molar-refractivity contribution in [2.45, 2.75) is 57.0 Å². The molecule has 0 bridgehead atoms. The molecule has 0 aromatic carbocycles. The minimum atomic E-state index is -0.551. The van der Waals surface area contributed by atoms with E-state index in [1.807, 2.05) is 0 Å². The van der Waals surface area contributed by atoms with Crippen molar-refractivity contribution in [3.8, 4) is 0 Å². The highest BCUT2D eigenvalue weighted by Gasteiger charge is 2.33. The summed E-state index contributed by atoms with van der Waals surface area (Å²) in [5.41, 5.74) is 8.45. The van der Waals surface area contributed by atoms with E-state index in [1.54, 1.807) is 7.11 Å². The van der Waals surface area contributed by atoms with Crippen molar-refractivity contribution in [2.75, 3.05) is 45.8 Å². The maximum atomic E-state index is 11.6. The van der Waals surface area contributed by atoms with E-state index in [1.165, 1.54) is 44.1 Å². The average molecular weight is 405 g/mol. The minimum absolute atomic E-state index is 0.338. The van der Waals surface area contributed by atoms with Crippen molar-refractivity contribution in [3.05, 3.63) is 23.4 Å². The second kappa shape index (κ2) is 10.9. The van der Waals surface area contributed by atoms with Gasteiger partial charge in [0.2, 0.25) is 0 Å². The van der Waals surface area contributed by atoms with Gasteiger partial charge in [-0.05, 0) is 62.5 Å². The molecule has 1 saturated carbocycles. The zero-order valence-electron chi connectivity index (χ0n) is 17.9. The molecule has 3 rings (SSSR count). The molecule has 1 aromatic rings. The van der Waals surface area contributed by atoms with Gasteiger partial charge in [0, 0.05) is 38.5 Å². The molecule has 0 saturated heterocycles. The summed E-state index contributed by atoms with van der Waals surface area (Å²) in [6.45, 7) is 3.40. The lowest BCUT2D eigenvalue weighted by Crippen LogP contribution is -2.48. The number of methoxy groups -OCH3 is 2. The Bertz CT molecular complexity index is 663. The van der Waals surface area contributed by atoms with Gasteiger partial charge >= 0.3 is 5.97 Å². The van der Waals surface area contributed by atoms with E-state index in [-0.39, 0.29) is 5.97 Å². The van der Waals surface area contributed by atoms with E-state index in [0.29, 0.717) is 19.1 Å². The molecule has 7 nitrogen and oxygen atoms in total. The van der Waals surface area contributed by atoms with Crippen molar-refractivity contribution < 1.29 is 14.3 Å². The number of carbonyl (C=O) groups is 1. The summed E-state index contributed by atoms with van der Waals surface area (Å²) < 4.78 is 10.00. The molecule has 29 heavy (non-hydrogen) atoms. The Hall–Kier alpha value is -1.70. The molecule has 3 N–H and O–H groups in total. The first-order valence-electron chi connectivity index (χ1n) is 10.9. The number of nitrogens with two attached hydrogens (primary N) is 1. The van der Waals surface area contributed by atoms with Crippen LogP contribution in [0.4, 0.5) is 5.82 Å². The summed E-state index contributed by atoms with van der Waals surface area (Å²) in [5, 5.41) is 3.42. The number of pyridine rings is 1. The third-order valence-electron chi connectivity index (χ3n) is 6.30. The van der Waals surface area contributed by atoms with Crippen LogP contribution in [-0.2, 0) is 27.1 Å². The first-order valence-corrected chi connectivity index (χ1v) is 10.9. The van der Waals surface area contributed by atoms with Crippen LogP contribution in [-0.4, -0.2) is 68.4 Å². The maximum Gasteiger partial charge on any atom is 0.322 e. The number of aryl methyl sites for hydroxylation is 2. The summed E-state index contributed by atoms with van der Waals surface area (Å²) in [4.78, 5) is 18.8. The van der Waals surface area contributed by atoms with E-state index < -0.39 is 6.04 Å². The molecule has 1 aliphatic carbocycles. The Balaban J connectivity index is 1.42. The van der Waals surface area contributed by atoms with Crippen LogP contribution in [0, 0.1) is 5.92 Å². The highest BCUT2D eigenvalue weighted by Crippen LogP contribution is 2.35.